The van der Waals surface area contributed by atoms with Gasteiger partial charge in [-0.2, -0.15) is 0 Å². The van der Waals surface area contributed by atoms with Gasteiger partial charge >= 0.3 is 0 Å². The molecule has 3 aromatic carbocycles. The third-order valence-electron chi connectivity index (χ3n) is 4.35. The Morgan fingerprint density at radius 3 is 2.40 bits per heavy atom. The van der Waals surface area contributed by atoms with Crippen LogP contribution in [0.4, 0.5) is 5.69 Å². The maximum Gasteiger partial charge on any atom is 0.262 e. The number of halogens is 2. The Bertz CT molecular complexity index is 1040. The maximum absolute atomic E-state index is 12.8. The summed E-state index contributed by atoms with van der Waals surface area (Å²) in [5.74, 6) is -0.361. The fraction of sp³-hybridized carbons (Fsp3) is 0.130. The molecule has 0 spiro atoms. The second-order valence-corrected chi connectivity index (χ2v) is 7.41. The van der Waals surface area contributed by atoms with E-state index in [-0.39, 0.29) is 18.6 Å². The van der Waals surface area contributed by atoms with Gasteiger partial charge in [0, 0.05) is 5.02 Å². The number of rotatable bonds is 7. The number of carbonyl (C=O) groups excluding carboxylic acids is 2. The molecule has 0 saturated heterocycles. The van der Waals surface area contributed by atoms with E-state index < -0.39 is 5.91 Å². The molecule has 0 aromatic heterocycles. The lowest BCUT2D eigenvalue weighted by Gasteiger charge is -2.16. The van der Waals surface area contributed by atoms with Crippen LogP contribution in [0.15, 0.2) is 72.8 Å². The number of hydrogen-bond acceptors (Lipinski definition) is 3. The van der Waals surface area contributed by atoms with E-state index in [4.69, 9.17) is 27.9 Å². The third-order valence-corrected chi connectivity index (χ3v) is 4.88. The molecule has 0 unspecified atom stereocenters. The first-order valence-electron chi connectivity index (χ1n) is 9.26. The average Bonchev–Trinajstić information content (AvgIpc) is 2.74. The number of benzene rings is 3. The molecular formula is C23H20Cl2N2O3. The highest BCUT2D eigenvalue weighted by Gasteiger charge is 2.16. The second kappa shape index (κ2) is 10.1. The van der Waals surface area contributed by atoms with Crippen molar-refractivity contribution in [3.8, 4) is 5.75 Å². The number of hydrogen-bond donors (Lipinski definition) is 2. The van der Waals surface area contributed by atoms with Crippen LogP contribution in [0.25, 0.3) is 0 Å². The summed E-state index contributed by atoms with van der Waals surface area (Å²) in [4.78, 5) is 25.1. The predicted octanol–water partition coefficient (Wildman–Crippen LogP) is 5.50. The first-order chi connectivity index (χ1) is 14.4. The summed E-state index contributed by atoms with van der Waals surface area (Å²) >= 11 is 11.9. The van der Waals surface area contributed by atoms with Crippen LogP contribution in [-0.2, 0) is 4.79 Å². The highest BCUT2D eigenvalue weighted by atomic mass is 35.5. The largest absolute Gasteiger partial charge is 0.482 e. The zero-order valence-electron chi connectivity index (χ0n) is 16.2. The molecule has 0 aliphatic heterocycles. The van der Waals surface area contributed by atoms with Gasteiger partial charge in [-0.05, 0) is 42.8 Å². The number of amides is 2. The number of carbonyl (C=O) groups is 2. The minimum absolute atomic E-state index is 0.183. The lowest BCUT2D eigenvalue weighted by Crippen LogP contribution is -2.28. The summed E-state index contributed by atoms with van der Waals surface area (Å²) in [7, 11) is 0. The molecule has 0 fully saturated rings. The molecule has 154 valence electrons. The second-order valence-electron chi connectivity index (χ2n) is 6.56. The molecule has 30 heavy (non-hydrogen) atoms. The van der Waals surface area contributed by atoms with Crippen LogP contribution < -0.4 is 15.4 Å². The Morgan fingerprint density at radius 1 is 0.967 bits per heavy atom. The molecule has 0 aliphatic rings. The summed E-state index contributed by atoms with van der Waals surface area (Å²) in [6.45, 7) is 1.63. The van der Waals surface area contributed by atoms with E-state index in [1.54, 1.807) is 36.4 Å². The van der Waals surface area contributed by atoms with Gasteiger partial charge in [0.2, 0.25) is 0 Å². The van der Waals surface area contributed by atoms with Gasteiger partial charge in [-0.3, -0.25) is 9.59 Å². The molecule has 3 rings (SSSR count). The van der Waals surface area contributed by atoms with Crippen LogP contribution in [-0.4, -0.2) is 18.4 Å². The number of ether oxygens (including phenoxy) is 1. The molecule has 7 heteroatoms. The van der Waals surface area contributed by atoms with E-state index in [1.807, 2.05) is 37.3 Å². The fourth-order valence-electron chi connectivity index (χ4n) is 2.81. The Labute approximate surface area is 185 Å². The Balaban J connectivity index is 1.64. The van der Waals surface area contributed by atoms with Crippen molar-refractivity contribution >= 4 is 40.7 Å². The zero-order chi connectivity index (χ0) is 21.5. The number of anilines is 1. The van der Waals surface area contributed by atoms with Crippen LogP contribution in [0.3, 0.4) is 0 Å². The molecule has 0 bridgehead atoms. The average molecular weight is 443 g/mol. The van der Waals surface area contributed by atoms with Gasteiger partial charge in [0.1, 0.15) is 5.75 Å². The van der Waals surface area contributed by atoms with Crippen molar-refractivity contribution < 1.29 is 14.3 Å². The van der Waals surface area contributed by atoms with Gasteiger partial charge in [0.15, 0.2) is 6.61 Å². The van der Waals surface area contributed by atoms with Gasteiger partial charge < -0.3 is 15.4 Å². The molecule has 5 nitrogen and oxygen atoms in total. The summed E-state index contributed by atoms with van der Waals surface area (Å²) in [5.41, 5.74) is 1.74. The third kappa shape index (κ3) is 5.75. The van der Waals surface area contributed by atoms with Crippen molar-refractivity contribution in [2.45, 2.75) is 13.0 Å². The molecule has 2 amide bonds. The Kier molecular flexibility index (Phi) is 7.33. The minimum Gasteiger partial charge on any atom is -0.482 e. The summed E-state index contributed by atoms with van der Waals surface area (Å²) < 4.78 is 5.45. The summed E-state index contributed by atoms with van der Waals surface area (Å²) in [5, 5.41) is 6.44. The van der Waals surface area contributed by atoms with Crippen molar-refractivity contribution in [2.24, 2.45) is 0 Å². The van der Waals surface area contributed by atoms with E-state index in [9.17, 15) is 9.59 Å². The first kappa shape index (κ1) is 21.7. The molecule has 2 N–H and O–H groups in total. The molecule has 0 radical (unpaired) electrons. The lowest BCUT2D eigenvalue weighted by molar-refractivity contribution is -0.118. The quantitative estimate of drug-likeness (QED) is 0.507. The van der Waals surface area contributed by atoms with E-state index >= 15 is 0 Å². The van der Waals surface area contributed by atoms with E-state index in [2.05, 4.69) is 10.6 Å². The van der Waals surface area contributed by atoms with E-state index in [1.165, 1.54) is 6.07 Å². The lowest BCUT2D eigenvalue weighted by atomic mass is 10.1. The molecule has 1 atom stereocenters. The smallest absolute Gasteiger partial charge is 0.262 e. The SMILES string of the molecule is C[C@@H](NC(=O)c1ccccc1NC(=O)COc1ccc(Cl)cc1Cl)c1ccccc1. The van der Waals surface area contributed by atoms with Crippen molar-refractivity contribution in [3.05, 3.63) is 94.0 Å². The van der Waals surface area contributed by atoms with Gasteiger partial charge in [-0.15, -0.1) is 0 Å². The molecule has 0 aliphatic carbocycles. The van der Waals surface area contributed by atoms with Crippen LogP contribution in [0, 0.1) is 0 Å². The van der Waals surface area contributed by atoms with Crippen molar-refractivity contribution in [3.63, 3.8) is 0 Å². The van der Waals surface area contributed by atoms with Gasteiger partial charge in [0.05, 0.1) is 22.3 Å². The monoisotopic (exact) mass is 442 g/mol. The maximum atomic E-state index is 12.8. The standard InChI is InChI=1S/C23H20Cl2N2O3/c1-15(16-7-3-2-4-8-16)26-23(29)18-9-5-6-10-20(18)27-22(28)14-30-21-12-11-17(24)13-19(21)25/h2-13,15H,14H2,1H3,(H,26,29)(H,27,28)/t15-/m1/s1. The molecule has 0 heterocycles. The van der Waals surface area contributed by atoms with Crippen LogP contribution >= 0.6 is 23.2 Å². The number of para-hydroxylation sites is 1. The zero-order valence-corrected chi connectivity index (χ0v) is 17.7. The van der Waals surface area contributed by atoms with Crippen molar-refractivity contribution in [1.82, 2.24) is 5.32 Å². The van der Waals surface area contributed by atoms with Gasteiger partial charge in [-0.25, -0.2) is 0 Å². The van der Waals surface area contributed by atoms with Crippen LogP contribution in [0.1, 0.15) is 28.9 Å². The highest BCUT2D eigenvalue weighted by Crippen LogP contribution is 2.27. The van der Waals surface area contributed by atoms with Crippen LogP contribution in [0.2, 0.25) is 10.0 Å². The van der Waals surface area contributed by atoms with Crippen molar-refractivity contribution in [2.75, 3.05) is 11.9 Å². The first-order valence-corrected chi connectivity index (χ1v) is 10.0. The predicted molar refractivity (Wildman–Crippen MR) is 119 cm³/mol. The van der Waals surface area contributed by atoms with E-state index in [0.717, 1.165) is 5.56 Å². The minimum atomic E-state index is -0.419. The topological polar surface area (TPSA) is 67.4 Å². The Morgan fingerprint density at radius 2 is 1.67 bits per heavy atom. The molecule has 0 saturated carbocycles. The summed E-state index contributed by atoms with van der Waals surface area (Å²) in [6, 6.07) is 21.0. The van der Waals surface area contributed by atoms with Crippen molar-refractivity contribution in [1.29, 1.82) is 0 Å². The highest BCUT2D eigenvalue weighted by molar-refractivity contribution is 6.35. The van der Waals surface area contributed by atoms with Gasteiger partial charge in [-0.1, -0.05) is 65.7 Å². The normalized spacial score (nSPS) is 11.4. The van der Waals surface area contributed by atoms with Crippen LogP contribution in [0.5, 0.6) is 5.75 Å². The molecular weight excluding hydrogens is 423 g/mol. The Hall–Kier alpha value is -3.02. The summed E-state index contributed by atoms with van der Waals surface area (Å²) in [6.07, 6.45) is 0. The van der Waals surface area contributed by atoms with E-state index in [0.29, 0.717) is 27.0 Å². The fourth-order valence-corrected chi connectivity index (χ4v) is 3.27. The van der Waals surface area contributed by atoms with Gasteiger partial charge in [0.25, 0.3) is 11.8 Å². The molecule has 3 aromatic rings. The number of nitrogens with one attached hydrogen (secondary N) is 2.